The van der Waals surface area contributed by atoms with E-state index in [0.29, 0.717) is 11.7 Å². The minimum atomic E-state index is 0.675. The molecule has 1 aromatic rings. The summed E-state index contributed by atoms with van der Waals surface area (Å²) in [5.41, 5.74) is 5.64. The van der Waals surface area contributed by atoms with E-state index in [2.05, 4.69) is 15.0 Å². The van der Waals surface area contributed by atoms with Crippen molar-refractivity contribution in [3.63, 3.8) is 0 Å². The Balaban J connectivity index is 1.75. The number of hydrogen-bond donors (Lipinski definition) is 1. The molecule has 2 N–H and O–H groups in total. The van der Waals surface area contributed by atoms with E-state index in [4.69, 9.17) is 10.3 Å². The summed E-state index contributed by atoms with van der Waals surface area (Å²) in [4.78, 5) is 6.60. The van der Waals surface area contributed by atoms with Crippen molar-refractivity contribution >= 4 is 0 Å². The van der Waals surface area contributed by atoms with Crippen LogP contribution in [0.2, 0.25) is 0 Å². The van der Waals surface area contributed by atoms with Gasteiger partial charge in [-0.2, -0.15) is 4.98 Å². The molecule has 0 aromatic carbocycles. The molecule has 0 amide bonds. The zero-order valence-corrected chi connectivity index (χ0v) is 9.15. The van der Waals surface area contributed by atoms with Gasteiger partial charge in [-0.05, 0) is 32.4 Å². The van der Waals surface area contributed by atoms with E-state index in [1.807, 2.05) is 6.92 Å². The van der Waals surface area contributed by atoms with Gasteiger partial charge in [-0.3, -0.25) is 0 Å². The van der Waals surface area contributed by atoms with Gasteiger partial charge < -0.3 is 15.2 Å². The minimum absolute atomic E-state index is 0.675. The van der Waals surface area contributed by atoms with Crippen molar-refractivity contribution in [1.29, 1.82) is 0 Å². The van der Waals surface area contributed by atoms with E-state index < -0.39 is 0 Å². The van der Waals surface area contributed by atoms with Gasteiger partial charge in [0.15, 0.2) is 5.82 Å². The maximum Gasteiger partial charge on any atom is 0.227 e. The van der Waals surface area contributed by atoms with Gasteiger partial charge in [0.1, 0.15) is 0 Å². The lowest BCUT2D eigenvalue weighted by Gasteiger charge is -2.13. The molecule has 0 bridgehead atoms. The first-order valence-corrected chi connectivity index (χ1v) is 5.49. The molecule has 1 atom stereocenters. The molecule has 2 heterocycles. The largest absolute Gasteiger partial charge is 0.339 e. The number of aromatic nitrogens is 2. The standard InChI is InChI=1S/C10H18N4O/c1-8-12-10(15-13-8)3-5-14-4-2-9(6-11)7-14/h9H,2-7,11H2,1H3. The normalized spacial score (nSPS) is 22.4. The summed E-state index contributed by atoms with van der Waals surface area (Å²) in [5.74, 6) is 2.13. The van der Waals surface area contributed by atoms with E-state index in [1.165, 1.54) is 6.42 Å². The quantitative estimate of drug-likeness (QED) is 0.769. The van der Waals surface area contributed by atoms with Crippen LogP contribution in [0.1, 0.15) is 18.1 Å². The average molecular weight is 210 g/mol. The Morgan fingerprint density at radius 2 is 2.47 bits per heavy atom. The summed E-state index contributed by atoms with van der Waals surface area (Å²) in [7, 11) is 0. The zero-order chi connectivity index (χ0) is 10.7. The van der Waals surface area contributed by atoms with E-state index >= 15 is 0 Å². The number of rotatable bonds is 4. The van der Waals surface area contributed by atoms with E-state index in [1.54, 1.807) is 0 Å². The number of aryl methyl sites for hydroxylation is 1. The molecule has 1 aliphatic rings. The molecule has 15 heavy (non-hydrogen) atoms. The lowest BCUT2D eigenvalue weighted by Crippen LogP contribution is -2.25. The predicted molar refractivity (Wildman–Crippen MR) is 56.3 cm³/mol. The number of nitrogens with zero attached hydrogens (tertiary/aromatic N) is 3. The predicted octanol–water partition coefficient (Wildman–Crippen LogP) is 0.201. The van der Waals surface area contributed by atoms with Gasteiger partial charge in [-0.15, -0.1) is 0 Å². The Kier molecular flexibility index (Phi) is 3.33. The van der Waals surface area contributed by atoms with Crippen LogP contribution < -0.4 is 5.73 Å². The second-order valence-electron chi connectivity index (χ2n) is 4.18. The summed E-state index contributed by atoms with van der Waals surface area (Å²) in [6.45, 7) is 5.90. The Hall–Kier alpha value is -0.940. The van der Waals surface area contributed by atoms with Gasteiger partial charge in [0.2, 0.25) is 5.89 Å². The van der Waals surface area contributed by atoms with Crippen molar-refractivity contribution in [3.8, 4) is 0 Å². The zero-order valence-electron chi connectivity index (χ0n) is 9.15. The molecule has 0 aliphatic carbocycles. The van der Waals surface area contributed by atoms with Crippen LogP contribution in [0.3, 0.4) is 0 Å². The van der Waals surface area contributed by atoms with Gasteiger partial charge in [-0.1, -0.05) is 5.16 Å². The summed E-state index contributed by atoms with van der Waals surface area (Å²) in [5, 5.41) is 3.77. The Labute approximate surface area is 89.6 Å². The first-order valence-electron chi connectivity index (χ1n) is 5.49. The molecule has 1 saturated heterocycles. The fraction of sp³-hybridized carbons (Fsp3) is 0.800. The molecule has 1 unspecified atom stereocenters. The van der Waals surface area contributed by atoms with E-state index in [9.17, 15) is 0 Å². The van der Waals surface area contributed by atoms with Crippen LogP contribution in [0.15, 0.2) is 4.52 Å². The average Bonchev–Trinajstić information content (AvgIpc) is 2.83. The Morgan fingerprint density at radius 1 is 1.60 bits per heavy atom. The van der Waals surface area contributed by atoms with E-state index in [0.717, 1.165) is 38.5 Å². The molecule has 1 aromatic heterocycles. The van der Waals surface area contributed by atoms with Crippen molar-refractivity contribution in [2.45, 2.75) is 19.8 Å². The van der Waals surface area contributed by atoms with Crippen molar-refractivity contribution in [3.05, 3.63) is 11.7 Å². The van der Waals surface area contributed by atoms with Crippen LogP contribution in [0, 0.1) is 12.8 Å². The van der Waals surface area contributed by atoms with Gasteiger partial charge in [0.05, 0.1) is 0 Å². The van der Waals surface area contributed by atoms with Crippen LogP contribution in [0.4, 0.5) is 0 Å². The van der Waals surface area contributed by atoms with Crippen LogP contribution >= 0.6 is 0 Å². The number of hydrogen-bond acceptors (Lipinski definition) is 5. The Bertz CT molecular complexity index is 312. The van der Waals surface area contributed by atoms with Crippen LogP contribution in [0.5, 0.6) is 0 Å². The van der Waals surface area contributed by atoms with Crippen LogP contribution in [-0.4, -0.2) is 41.2 Å². The van der Waals surface area contributed by atoms with Crippen molar-refractivity contribution in [2.24, 2.45) is 11.7 Å². The number of nitrogens with two attached hydrogens (primary N) is 1. The maximum atomic E-state index is 5.64. The first-order chi connectivity index (χ1) is 7.28. The Morgan fingerprint density at radius 3 is 3.07 bits per heavy atom. The fourth-order valence-electron chi connectivity index (χ4n) is 2.00. The van der Waals surface area contributed by atoms with Gasteiger partial charge in [0, 0.05) is 19.5 Å². The maximum absolute atomic E-state index is 5.64. The van der Waals surface area contributed by atoms with Crippen LogP contribution in [0.25, 0.3) is 0 Å². The van der Waals surface area contributed by atoms with Gasteiger partial charge in [-0.25, -0.2) is 0 Å². The van der Waals surface area contributed by atoms with Crippen molar-refractivity contribution in [1.82, 2.24) is 15.0 Å². The highest BCUT2D eigenvalue weighted by molar-refractivity contribution is 4.85. The molecule has 5 nitrogen and oxygen atoms in total. The first kappa shape index (κ1) is 10.6. The highest BCUT2D eigenvalue weighted by Gasteiger charge is 2.21. The SMILES string of the molecule is Cc1noc(CCN2CCC(CN)C2)n1. The fourth-order valence-corrected chi connectivity index (χ4v) is 2.00. The summed E-state index contributed by atoms with van der Waals surface area (Å²) in [6, 6.07) is 0. The lowest BCUT2D eigenvalue weighted by atomic mass is 10.1. The molecular formula is C10H18N4O. The van der Waals surface area contributed by atoms with Crippen molar-refractivity contribution in [2.75, 3.05) is 26.2 Å². The topological polar surface area (TPSA) is 68.2 Å². The highest BCUT2D eigenvalue weighted by atomic mass is 16.5. The van der Waals surface area contributed by atoms with Crippen LogP contribution in [-0.2, 0) is 6.42 Å². The molecular weight excluding hydrogens is 192 g/mol. The second-order valence-corrected chi connectivity index (χ2v) is 4.18. The molecule has 2 rings (SSSR count). The number of likely N-dealkylation sites (tertiary alicyclic amines) is 1. The molecule has 1 fully saturated rings. The second kappa shape index (κ2) is 4.72. The highest BCUT2D eigenvalue weighted by Crippen LogP contribution is 2.14. The third kappa shape index (κ3) is 2.76. The van der Waals surface area contributed by atoms with Gasteiger partial charge in [0.25, 0.3) is 0 Å². The summed E-state index contributed by atoms with van der Waals surface area (Å²) in [6.07, 6.45) is 2.07. The molecule has 84 valence electrons. The summed E-state index contributed by atoms with van der Waals surface area (Å²) >= 11 is 0. The summed E-state index contributed by atoms with van der Waals surface area (Å²) < 4.78 is 5.06. The molecule has 1 aliphatic heterocycles. The monoisotopic (exact) mass is 210 g/mol. The third-order valence-electron chi connectivity index (χ3n) is 2.91. The van der Waals surface area contributed by atoms with Crippen molar-refractivity contribution < 1.29 is 4.52 Å². The van der Waals surface area contributed by atoms with E-state index in [-0.39, 0.29) is 0 Å². The molecule has 5 heteroatoms. The molecule has 0 saturated carbocycles. The molecule has 0 radical (unpaired) electrons. The smallest absolute Gasteiger partial charge is 0.227 e. The van der Waals surface area contributed by atoms with Gasteiger partial charge >= 0.3 is 0 Å². The third-order valence-corrected chi connectivity index (χ3v) is 2.91. The minimum Gasteiger partial charge on any atom is -0.339 e. The lowest BCUT2D eigenvalue weighted by molar-refractivity contribution is 0.302. The molecule has 0 spiro atoms.